The molecule has 0 spiro atoms. The molecule has 1 aliphatic rings. The summed E-state index contributed by atoms with van der Waals surface area (Å²) in [5.41, 5.74) is 5.72. The molecule has 5 rings (SSSR count). The molecule has 0 atom stereocenters. The predicted molar refractivity (Wildman–Crippen MR) is 144 cm³/mol. The highest BCUT2D eigenvalue weighted by Crippen LogP contribution is 2.41. The van der Waals surface area contributed by atoms with E-state index in [4.69, 9.17) is 0 Å². The highest BCUT2D eigenvalue weighted by Gasteiger charge is 2.37. The van der Waals surface area contributed by atoms with Crippen LogP contribution in [-0.2, 0) is 5.41 Å². The van der Waals surface area contributed by atoms with Crippen molar-refractivity contribution in [2.75, 3.05) is 19.6 Å². The highest BCUT2D eigenvalue weighted by molar-refractivity contribution is 5.79. The molecule has 0 bridgehead atoms. The van der Waals surface area contributed by atoms with Gasteiger partial charge in [-0.1, -0.05) is 91.0 Å². The molecule has 0 amide bonds. The molecule has 0 aliphatic carbocycles. The molecule has 1 aliphatic heterocycles. The molecule has 4 aromatic rings. The van der Waals surface area contributed by atoms with Crippen LogP contribution in [0.3, 0.4) is 0 Å². The van der Waals surface area contributed by atoms with E-state index in [2.05, 4.69) is 71.6 Å². The summed E-state index contributed by atoms with van der Waals surface area (Å²) in [7, 11) is 0. The lowest BCUT2D eigenvalue weighted by molar-refractivity contribution is 0.182. The summed E-state index contributed by atoms with van der Waals surface area (Å²) in [6.07, 6.45) is 5.23. The van der Waals surface area contributed by atoms with Gasteiger partial charge in [-0.05, 0) is 84.4 Å². The largest absolute Gasteiger partial charge is 0.303 e. The van der Waals surface area contributed by atoms with E-state index in [9.17, 15) is 8.78 Å². The molecule has 182 valence electrons. The van der Waals surface area contributed by atoms with Gasteiger partial charge in [0.2, 0.25) is 0 Å². The number of benzene rings is 4. The predicted octanol–water partition coefficient (Wildman–Crippen LogP) is 7.87. The Labute approximate surface area is 212 Å². The quantitative estimate of drug-likeness (QED) is 0.261. The summed E-state index contributed by atoms with van der Waals surface area (Å²) in [5.74, 6) is -0.517. The van der Waals surface area contributed by atoms with Crippen molar-refractivity contribution in [3.63, 3.8) is 0 Å². The molecule has 1 heterocycles. The standard InChI is InChI=1S/C33H31F2N/c34-30-17-13-26(14-18-30)32(27-15-19-31(35)20-16-27)12-7-23-36-24-21-33(22-25-36,28-8-3-1-4-9-28)29-10-5-2-6-11-29/h1-6,8-20H,7,21-25H2. The van der Waals surface area contributed by atoms with Gasteiger partial charge in [-0.3, -0.25) is 0 Å². The third kappa shape index (κ3) is 5.32. The van der Waals surface area contributed by atoms with Crippen LogP contribution >= 0.6 is 0 Å². The maximum absolute atomic E-state index is 13.5. The molecule has 0 unspecified atom stereocenters. The summed E-state index contributed by atoms with van der Waals surface area (Å²) in [6.45, 7) is 3.01. The second-order valence-corrected chi connectivity index (χ2v) is 9.58. The van der Waals surface area contributed by atoms with E-state index >= 15 is 0 Å². The molecule has 1 nitrogen and oxygen atoms in total. The van der Waals surface area contributed by atoms with E-state index < -0.39 is 0 Å². The van der Waals surface area contributed by atoms with E-state index in [1.54, 1.807) is 24.3 Å². The maximum atomic E-state index is 13.5. The zero-order valence-electron chi connectivity index (χ0n) is 20.4. The Hall–Kier alpha value is -3.56. The number of likely N-dealkylation sites (tertiary alicyclic amines) is 1. The molecule has 36 heavy (non-hydrogen) atoms. The van der Waals surface area contributed by atoms with Crippen LogP contribution in [0.15, 0.2) is 115 Å². The Bertz CT molecular complexity index is 1180. The van der Waals surface area contributed by atoms with Gasteiger partial charge in [0.25, 0.3) is 0 Å². The van der Waals surface area contributed by atoms with Crippen LogP contribution in [0.4, 0.5) is 8.78 Å². The first-order valence-corrected chi connectivity index (χ1v) is 12.7. The number of nitrogens with zero attached hydrogens (tertiary/aromatic N) is 1. The maximum Gasteiger partial charge on any atom is 0.123 e. The van der Waals surface area contributed by atoms with Crippen LogP contribution in [0.25, 0.3) is 5.57 Å². The normalized spacial score (nSPS) is 15.4. The van der Waals surface area contributed by atoms with Crippen molar-refractivity contribution in [1.29, 1.82) is 0 Å². The second kappa shape index (κ2) is 11.0. The molecule has 0 saturated carbocycles. The minimum Gasteiger partial charge on any atom is -0.303 e. The van der Waals surface area contributed by atoms with Crippen molar-refractivity contribution in [1.82, 2.24) is 4.90 Å². The third-order valence-corrected chi connectivity index (χ3v) is 7.47. The van der Waals surface area contributed by atoms with Crippen molar-refractivity contribution in [3.8, 4) is 0 Å². The SMILES string of the molecule is Fc1ccc(C(=CCCN2CCC(c3ccccc3)(c3ccccc3)CC2)c2ccc(F)cc2)cc1. The lowest BCUT2D eigenvalue weighted by Crippen LogP contribution is -2.43. The van der Waals surface area contributed by atoms with E-state index in [1.807, 2.05) is 0 Å². The average Bonchev–Trinajstić information content (AvgIpc) is 2.94. The molecular weight excluding hydrogens is 448 g/mol. The van der Waals surface area contributed by atoms with Crippen LogP contribution in [-0.4, -0.2) is 24.5 Å². The van der Waals surface area contributed by atoms with Crippen LogP contribution in [0, 0.1) is 11.6 Å². The number of hydrogen-bond acceptors (Lipinski definition) is 1. The fourth-order valence-electron chi connectivity index (χ4n) is 5.47. The van der Waals surface area contributed by atoms with E-state index in [-0.39, 0.29) is 17.0 Å². The van der Waals surface area contributed by atoms with Crippen LogP contribution in [0.1, 0.15) is 41.5 Å². The van der Waals surface area contributed by atoms with Crippen molar-refractivity contribution < 1.29 is 8.78 Å². The monoisotopic (exact) mass is 479 g/mol. The molecule has 1 saturated heterocycles. The minimum atomic E-state index is -0.258. The van der Waals surface area contributed by atoms with Gasteiger partial charge in [0.05, 0.1) is 0 Å². The zero-order chi connectivity index (χ0) is 24.8. The lowest BCUT2D eigenvalue weighted by atomic mass is 9.68. The molecule has 0 N–H and O–H groups in total. The first-order valence-electron chi connectivity index (χ1n) is 12.7. The van der Waals surface area contributed by atoms with Gasteiger partial charge >= 0.3 is 0 Å². The molecule has 0 radical (unpaired) electrons. The lowest BCUT2D eigenvalue weighted by Gasteiger charge is -2.43. The number of hydrogen-bond donors (Lipinski definition) is 0. The van der Waals surface area contributed by atoms with E-state index in [1.165, 1.54) is 35.4 Å². The highest BCUT2D eigenvalue weighted by atomic mass is 19.1. The Morgan fingerprint density at radius 2 is 1.08 bits per heavy atom. The summed E-state index contributed by atoms with van der Waals surface area (Å²) in [6, 6.07) is 34.9. The fraction of sp³-hybridized carbons (Fsp3) is 0.212. The molecule has 3 heteroatoms. The van der Waals surface area contributed by atoms with Gasteiger partial charge < -0.3 is 4.90 Å². The summed E-state index contributed by atoms with van der Waals surface area (Å²) < 4.78 is 27.1. The summed E-state index contributed by atoms with van der Waals surface area (Å²) in [5, 5.41) is 0. The molecule has 1 fully saturated rings. The van der Waals surface area contributed by atoms with Gasteiger partial charge in [0, 0.05) is 12.0 Å². The number of rotatable bonds is 7. The average molecular weight is 480 g/mol. The van der Waals surface area contributed by atoms with Gasteiger partial charge in [-0.2, -0.15) is 0 Å². The third-order valence-electron chi connectivity index (χ3n) is 7.47. The van der Waals surface area contributed by atoms with Gasteiger partial charge in [-0.25, -0.2) is 8.78 Å². The summed E-state index contributed by atoms with van der Waals surface area (Å²) >= 11 is 0. The van der Waals surface area contributed by atoms with Gasteiger partial charge in [0.15, 0.2) is 0 Å². The smallest absolute Gasteiger partial charge is 0.123 e. The topological polar surface area (TPSA) is 3.24 Å². The van der Waals surface area contributed by atoms with E-state index in [0.717, 1.165) is 55.6 Å². The number of halogens is 2. The van der Waals surface area contributed by atoms with Crippen molar-refractivity contribution in [3.05, 3.63) is 149 Å². The van der Waals surface area contributed by atoms with Crippen molar-refractivity contribution >= 4 is 5.57 Å². The first-order chi connectivity index (χ1) is 17.6. The Morgan fingerprint density at radius 1 is 0.639 bits per heavy atom. The van der Waals surface area contributed by atoms with Crippen molar-refractivity contribution in [2.24, 2.45) is 0 Å². The number of piperidine rings is 1. The van der Waals surface area contributed by atoms with Crippen LogP contribution in [0.2, 0.25) is 0 Å². The van der Waals surface area contributed by atoms with Crippen LogP contribution in [0.5, 0.6) is 0 Å². The van der Waals surface area contributed by atoms with Gasteiger partial charge in [0.1, 0.15) is 11.6 Å². The van der Waals surface area contributed by atoms with E-state index in [0.29, 0.717) is 0 Å². The minimum absolute atomic E-state index is 0.0439. The Morgan fingerprint density at radius 3 is 1.53 bits per heavy atom. The zero-order valence-corrected chi connectivity index (χ0v) is 20.4. The second-order valence-electron chi connectivity index (χ2n) is 9.58. The molecule has 0 aromatic heterocycles. The molecule has 4 aromatic carbocycles. The molecular formula is C33H31F2N. The fourth-order valence-corrected chi connectivity index (χ4v) is 5.47. The Balaban J connectivity index is 1.31. The van der Waals surface area contributed by atoms with Crippen LogP contribution < -0.4 is 0 Å². The Kier molecular flexibility index (Phi) is 7.39. The van der Waals surface area contributed by atoms with Crippen molar-refractivity contribution in [2.45, 2.75) is 24.7 Å². The summed E-state index contributed by atoms with van der Waals surface area (Å²) in [4.78, 5) is 2.54. The first kappa shape index (κ1) is 24.1. The van der Waals surface area contributed by atoms with Gasteiger partial charge in [-0.15, -0.1) is 0 Å².